The molecule has 0 heterocycles. The van der Waals surface area contributed by atoms with Crippen molar-refractivity contribution in [2.45, 2.75) is 12.8 Å². The highest BCUT2D eigenvalue weighted by atomic mass is 16.5. The number of nitrogens with zero attached hydrogens (tertiary/aromatic N) is 3. The molecule has 0 bridgehead atoms. The van der Waals surface area contributed by atoms with Gasteiger partial charge in [-0.25, -0.2) is 0 Å². The van der Waals surface area contributed by atoms with Gasteiger partial charge in [0.1, 0.15) is 17.1 Å². The van der Waals surface area contributed by atoms with Crippen LogP contribution in [0.3, 0.4) is 0 Å². The molecule has 0 radical (unpaired) electrons. The topological polar surface area (TPSA) is 96.3 Å². The van der Waals surface area contributed by atoms with Gasteiger partial charge in [-0.2, -0.15) is 0 Å². The molecule has 1 aromatic rings. The molecular weight excluding hydrogens is 260 g/mol. The fourth-order valence-electron chi connectivity index (χ4n) is 1.72. The quantitative estimate of drug-likeness (QED) is 0.342. The average Bonchev–Trinajstić information content (AvgIpc) is 2.49. The molecule has 0 aliphatic heterocycles. The zero-order valence-electron chi connectivity index (χ0n) is 11.6. The van der Waals surface area contributed by atoms with Gasteiger partial charge in [0.25, 0.3) is 5.91 Å². The number of methoxy groups -OCH3 is 2. The Morgan fingerprint density at radius 3 is 2.50 bits per heavy atom. The summed E-state index contributed by atoms with van der Waals surface area (Å²) in [5.74, 6) is 0.690. The molecule has 0 saturated heterocycles. The summed E-state index contributed by atoms with van der Waals surface area (Å²) >= 11 is 0. The summed E-state index contributed by atoms with van der Waals surface area (Å²) in [5.41, 5.74) is 8.52. The molecule has 108 valence electrons. The van der Waals surface area contributed by atoms with Crippen LogP contribution in [0.5, 0.6) is 11.5 Å². The lowest BCUT2D eigenvalue weighted by atomic mass is 10.1. The number of unbranched alkanes of at least 4 members (excludes halogenated alkanes) is 1. The highest BCUT2D eigenvalue weighted by Gasteiger charge is 2.17. The standard InChI is InChI=1S/C13H18N4O3/c1-19-10-6-5-7-11(20-2)12(10)13(18)15-8-3-4-9-16-17-14/h5-7H,3-4,8-9H2,1-2H3,(H,15,18). The largest absolute Gasteiger partial charge is 0.496 e. The lowest BCUT2D eigenvalue weighted by Gasteiger charge is -2.12. The number of carbonyl (C=O) groups excluding carboxylic acids is 1. The van der Waals surface area contributed by atoms with Gasteiger partial charge in [0.15, 0.2) is 0 Å². The van der Waals surface area contributed by atoms with Gasteiger partial charge in [0.05, 0.1) is 14.2 Å². The summed E-state index contributed by atoms with van der Waals surface area (Å²) < 4.78 is 10.3. The molecule has 0 atom stereocenters. The van der Waals surface area contributed by atoms with Gasteiger partial charge < -0.3 is 14.8 Å². The minimum atomic E-state index is -0.247. The Kier molecular flexibility index (Phi) is 6.78. The third-order valence-electron chi connectivity index (χ3n) is 2.69. The van der Waals surface area contributed by atoms with Gasteiger partial charge in [0, 0.05) is 18.0 Å². The van der Waals surface area contributed by atoms with Crippen molar-refractivity contribution in [1.82, 2.24) is 5.32 Å². The Morgan fingerprint density at radius 2 is 1.95 bits per heavy atom. The second-order valence-electron chi connectivity index (χ2n) is 3.96. The summed E-state index contributed by atoms with van der Waals surface area (Å²) in [6, 6.07) is 5.17. The smallest absolute Gasteiger partial charge is 0.258 e. The Bertz CT molecular complexity index is 476. The van der Waals surface area contributed by atoms with Crippen LogP contribution >= 0.6 is 0 Å². The summed E-state index contributed by atoms with van der Waals surface area (Å²) in [4.78, 5) is 14.8. The van der Waals surface area contributed by atoms with E-state index < -0.39 is 0 Å². The molecule has 0 saturated carbocycles. The fraction of sp³-hybridized carbons (Fsp3) is 0.462. The molecule has 0 unspecified atom stereocenters. The van der Waals surface area contributed by atoms with E-state index >= 15 is 0 Å². The van der Waals surface area contributed by atoms with Gasteiger partial charge >= 0.3 is 0 Å². The highest BCUT2D eigenvalue weighted by Crippen LogP contribution is 2.27. The summed E-state index contributed by atoms with van der Waals surface area (Å²) in [6.45, 7) is 0.936. The second kappa shape index (κ2) is 8.66. The van der Waals surface area contributed by atoms with Gasteiger partial charge in [-0.05, 0) is 30.5 Å². The van der Waals surface area contributed by atoms with Crippen LogP contribution in [0, 0.1) is 0 Å². The van der Waals surface area contributed by atoms with Gasteiger partial charge in [-0.1, -0.05) is 11.2 Å². The molecule has 20 heavy (non-hydrogen) atoms. The molecule has 7 nitrogen and oxygen atoms in total. The van der Waals surface area contributed by atoms with E-state index in [1.165, 1.54) is 14.2 Å². The molecule has 0 aliphatic carbocycles. The Morgan fingerprint density at radius 1 is 1.30 bits per heavy atom. The Hall–Kier alpha value is -2.40. The van der Waals surface area contributed by atoms with Crippen LogP contribution in [0.4, 0.5) is 0 Å². The number of carbonyl (C=O) groups is 1. The molecule has 1 rings (SSSR count). The maximum absolute atomic E-state index is 12.1. The number of hydrogen-bond donors (Lipinski definition) is 1. The number of nitrogens with one attached hydrogen (secondary N) is 1. The normalized spacial score (nSPS) is 9.50. The molecule has 0 aromatic heterocycles. The average molecular weight is 278 g/mol. The number of azide groups is 1. The number of rotatable bonds is 8. The number of benzene rings is 1. The van der Waals surface area contributed by atoms with E-state index in [0.717, 1.165) is 12.8 Å². The number of amides is 1. The SMILES string of the molecule is COc1cccc(OC)c1C(=O)NCCCCN=[N+]=[N-]. The van der Waals surface area contributed by atoms with Crippen molar-refractivity contribution in [3.05, 3.63) is 34.2 Å². The third-order valence-corrected chi connectivity index (χ3v) is 2.69. The van der Waals surface area contributed by atoms with Crippen LogP contribution in [-0.4, -0.2) is 33.2 Å². The van der Waals surface area contributed by atoms with Crippen LogP contribution in [0.2, 0.25) is 0 Å². The first-order valence-electron chi connectivity index (χ1n) is 6.24. The molecule has 0 fully saturated rings. The lowest BCUT2D eigenvalue weighted by molar-refractivity contribution is 0.0947. The van der Waals surface area contributed by atoms with Crippen LogP contribution in [0.15, 0.2) is 23.3 Å². The van der Waals surface area contributed by atoms with E-state index in [9.17, 15) is 4.79 Å². The summed E-state index contributed by atoms with van der Waals surface area (Å²) in [6.07, 6.45) is 1.47. The zero-order chi connectivity index (χ0) is 14.8. The van der Waals surface area contributed by atoms with Gasteiger partial charge in [-0.15, -0.1) is 0 Å². The zero-order valence-corrected chi connectivity index (χ0v) is 11.6. The third kappa shape index (κ3) is 4.37. The van der Waals surface area contributed by atoms with E-state index in [4.69, 9.17) is 15.0 Å². The first-order chi connectivity index (χ1) is 9.74. The summed E-state index contributed by atoms with van der Waals surface area (Å²) in [5, 5.41) is 6.22. The van der Waals surface area contributed by atoms with Crippen LogP contribution in [0.1, 0.15) is 23.2 Å². The molecule has 7 heteroatoms. The predicted molar refractivity (Wildman–Crippen MR) is 75.1 cm³/mol. The molecule has 1 N–H and O–H groups in total. The van der Waals surface area contributed by atoms with Crippen LogP contribution < -0.4 is 14.8 Å². The highest BCUT2D eigenvalue weighted by molar-refractivity contribution is 5.99. The van der Waals surface area contributed by atoms with E-state index in [0.29, 0.717) is 30.2 Å². The molecule has 1 amide bonds. The van der Waals surface area contributed by atoms with E-state index in [-0.39, 0.29) is 5.91 Å². The fourth-order valence-corrected chi connectivity index (χ4v) is 1.72. The monoisotopic (exact) mass is 278 g/mol. The van der Waals surface area contributed by atoms with Crippen molar-refractivity contribution in [1.29, 1.82) is 0 Å². The number of hydrogen-bond acceptors (Lipinski definition) is 4. The van der Waals surface area contributed by atoms with Crippen LogP contribution in [-0.2, 0) is 0 Å². The minimum Gasteiger partial charge on any atom is -0.496 e. The molecular formula is C13H18N4O3. The van der Waals surface area contributed by atoms with Crippen molar-refractivity contribution in [3.63, 3.8) is 0 Å². The van der Waals surface area contributed by atoms with E-state index in [1.807, 2.05) is 0 Å². The molecule has 0 spiro atoms. The maximum atomic E-state index is 12.1. The van der Waals surface area contributed by atoms with Crippen LogP contribution in [0.25, 0.3) is 10.4 Å². The van der Waals surface area contributed by atoms with Gasteiger partial charge in [0.2, 0.25) is 0 Å². The predicted octanol–water partition coefficient (Wildman–Crippen LogP) is 2.52. The number of ether oxygens (including phenoxy) is 2. The first kappa shape index (κ1) is 15.7. The van der Waals surface area contributed by atoms with E-state index in [1.54, 1.807) is 18.2 Å². The Balaban J connectivity index is 2.60. The van der Waals surface area contributed by atoms with Gasteiger partial charge in [-0.3, -0.25) is 4.79 Å². The van der Waals surface area contributed by atoms with Crippen molar-refractivity contribution in [2.75, 3.05) is 27.3 Å². The van der Waals surface area contributed by atoms with Crippen molar-refractivity contribution >= 4 is 5.91 Å². The Labute approximate surface area is 117 Å². The maximum Gasteiger partial charge on any atom is 0.258 e. The molecule has 1 aromatic carbocycles. The van der Waals surface area contributed by atoms with Crippen molar-refractivity contribution in [2.24, 2.45) is 5.11 Å². The summed E-state index contributed by atoms with van der Waals surface area (Å²) in [7, 11) is 3.01. The van der Waals surface area contributed by atoms with Crippen molar-refractivity contribution in [3.8, 4) is 11.5 Å². The second-order valence-corrected chi connectivity index (χ2v) is 3.96. The first-order valence-corrected chi connectivity index (χ1v) is 6.24. The van der Waals surface area contributed by atoms with E-state index in [2.05, 4.69) is 15.3 Å². The molecule has 0 aliphatic rings. The minimum absolute atomic E-state index is 0.247. The lowest BCUT2D eigenvalue weighted by Crippen LogP contribution is -2.25. The van der Waals surface area contributed by atoms with Crippen molar-refractivity contribution < 1.29 is 14.3 Å².